The first kappa shape index (κ1) is 18.2. The van der Waals surface area contributed by atoms with Crippen molar-refractivity contribution < 1.29 is 15.0 Å². The summed E-state index contributed by atoms with van der Waals surface area (Å²) in [6.07, 6.45) is 2.35. The van der Waals surface area contributed by atoms with Crippen molar-refractivity contribution in [2.24, 2.45) is 11.8 Å². The number of carbonyl (C=O) groups is 1. The van der Waals surface area contributed by atoms with Gasteiger partial charge in [-0.15, -0.1) is 0 Å². The molecule has 27 heavy (non-hydrogen) atoms. The Morgan fingerprint density at radius 3 is 2.33 bits per heavy atom. The van der Waals surface area contributed by atoms with Crippen LogP contribution < -0.4 is 0 Å². The molecule has 1 saturated carbocycles. The predicted octanol–water partition coefficient (Wildman–Crippen LogP) is 3.20. The maximum Gasteiger partial charge on any atom is 0.176 e. The quantitative estimate of drug-likeness (QED) is 0.799. The van der Waals surface area contributed by atoms with Crippen LogP contribution in [0.1, 0.15) is 34.3 Å². The van der Waals surface area contributed by atoms with Crippen molar-refractivity contribution in [3.05, 3.63) is 65.2 Å². The van der Waals surface area contributed by atoms with Crippen LogP contribution in [0.5, 0.6) is 5.75 Å². The van der Waals surface area contributed by atoms with E-state index in [4.69, 9.17) is 0 Å². The first-order valence-electron chi connectivity index (χ1n) is 9.73. The number of likely N-dealkylation sites (tertiary alicyclic amines) is 1. The second kappa shape index (κ2) is 7.10. The summed E-state index contributed by atoms with van der Waals surface area (Å²) in [5.74, 6) is 1.19. The zero-order valence-electron chi connectivity index (χ0n) is 15.8. The van der Waals surface area contributed by atoms with Gasteiger partial charge in [-0.1, -0.05) is 24.3 Å². The third-order valence-corrected chi connectivity index (χ3v) is 6.27. The van der Waals surface area contributed by atoms with E-state index in [0.29, 0.717) is 23.9 Å². The van der Waals surface area contributed by atoms with Gasteiger partial charge in [0.25, 0.3) is 0 Å². The van der Waals surface area contributed by atoms with E-state index in [1.165, 1.54) is 11.1 Å². The van der Waals surface area contributed by atoms with Crippen molar-refractivity contribution in [3.8, 4) is 5.75 Å². The summed E-state index contributed by atoms with van der Waals surface area (Å²) in [7, 11) is 0. The Morgan fingerprint density at radius 1 is 1.07 bits per heavy atom. The van der Waals surface area contributed by atoms with E-state index >= 15 is 0 Å². The number of aryl methyl sites for hydroxylation is 1. The highest BCUT2D eigenvalue weighted by Crippen LogP contribution is 2.45. The molecule has 4 nitrogen and oxygen atoms in total. The summed E-state index contributed by atoms with van der Waals surface area (Å²) in [4.78, 5) is 14.7. The van der Waals surface area contributed by atoms with Crippen molar-refractivity contribution in [1.82, 2.24) is 4.90 Å². The van der Waals surface area contributed by atoms with Crippen LogP contribution in [0.25, 0.3) is 0 Å². The molecule has 4 rings (SSSR count). The van der Waals surface area contributed by atoms with E-state index in [1.807, 2.05) is 12.1 Å². The van der Waals surface area contributed by atoms with Crippen LogP contribution in [0.2, 0.25) is 0 Å². The fourth-order valence-corrected chi connectivity index (χ4v) is 4.94. The Kier molecular flexibility index (Phi) is 4.79. The van der Waals surface area contributed by atoms with Crippen LogP contribution in [0.3, 0.4) is 0 Å². The van der Waals surface area contributed by atoms with Gasteiger partial charge in [0.2, 0.25) is 0 Å². The topological polar surface area (TPSA) is 60.8 Å². The van der Waals surface area contributed by atoms with Gasteiger partial charge in [-0.05, 0) is 67.0 Å². The molecule has 2 aliphatic rings. The molecule has 0 aromatic heterocycles. The number of phenolic OH excluding ortho intramolecular Hbond substituents is 1. The Bertz CT molecular complexity index is 816. The van der Waals surface area contributed by atoms with Crippen molar-refractivity contribution in [3.63, 3.8) is 0 Å². The van der Waals surface area contributed by atoms with E-state index < -0.39 is 5.60 Å². The molecular formula is C23H27NO3. The second-order valence-electron chi connectivity index (χ2n) is 8.42. The molecular weight excluding hydrogens is 338 g/mol. The molecule has 2 atom stereocenters. The first-order valence-corrected chi connectivity index (χ1v) is 9.73. The molecule has 1 heterocycles. The van der Waals surface area contributed by atoms with Crippen LogP contribution in [0, 0.1) is 18.8 Å². The van der Waals surface area contributed by atoms with Crippen LogP contribution in [0.4, 0.5) is 0 Å². The molecule has 0 bridgehead atoms. The van der Waals surface area contributed by atoms with Gasteiger partial charge < -0.3 is 10.2 Å². The lowest BCUT2D eigenvalue weighted by Gasteiger charge is -2.26. The number of rotatable bonds is 5. The van der Waals surface area contributed by atoms with Crippen molar-refractivity contribution >= 4 is 5.78 Å². The second-order valence-corrected chi connectivity index (χ2v) is 8.42. The van der Waals surface area contributed by atoms with E-state index in [1.54, 1.807) is 24.3 Å². The van der Waals surface area contributed by atoms with Crippen LogP contribution in [-0.2, 0) is 6.42 Å². The number of aromatic hydroxyl groups is 1. The molecule has 0 amide bonds. The lowest BCUT2D eigenvalue weighted by molar-refractivity contribution is 0.0354. The minimum absolute atomic E-state index is 0.0881. The van der Waals surface area contributed by atoms with Gasteiger partial charge >= 0.3 is 0 Å². The summed E-state index contributed by atoms with van der Waals surface area (Å²) in [5, 5.41) is 20.5. The van der Waals surface area contributed by atoms with Crippen LogP contribution in [-0.4, -0.2) is 46.1 Å². The molecule has 2 aromatic carbocycles. The average Bonchev–Trinajstić information content (AvgIpc) is 3.11. The highest BCUT2D eigenvalue weighted by molar-refractivity contribution is 5.97. The summed E-state index contributed by atoms with van der Waals surface area (Å²) >= 11 is 0. The van der Waals surface area contributed by atoms with Crippen molar-refractivity contribution in [2.45, 2.75) is 31.8 Å². The first-order chi connectivity index (χ1) is 12.9. The number of ketones is 1. The van der Waals surface area contributed by atoms with E-state index in [9.17, 15) is 15.0 Å². The molecule has 1 aliphatic heterocycles. The number of nitrogens with zero attached hydrogens (tertiary/aromatic N) is 1. The number of phenols is 1. The van der Waals surface area contributed by atoms with Gasteiger partial charge in [-0.25, -0.2) is 0 Å². The molecule has 0 radical (unpaired) electrons. The van der Waals surface area contributed by atoms with Crippen LogP contribution >= 0.6 is 0 Å². The van der Waals surface area contributed by atoms with Crippen molar-refractivity contribution in [2.75, 3.05) is 19.6 Å². The summed E-state index contributed by atoms with van der Waals surface area (Å²) in [6, 6.07) is 14.8. The minimum Gasteiger partial charge on any atom is -0.508 e. The highest BCUT2D eigenvalue weighted by atomic mass is 16.3. The standard InChI is InChI=1S/C23H27NO3/c1-16-4-2-3-5-18(16)10-23(27)11-19-13-24(14-20(19)12-23)15-22(26)17-6-8-21(25)9-7-17/h2-9,19-20,25,27H,10-15H2,1H3. The predicted molar refractivity (Wildman–Crippen MR) is 105 cm³/mol. The fraction of sp³-hybridized carbons (Fsp3) is 0.435. The number of hydrogen-bond donors (Lipinski definition) is 2. The number of hydrogen-bond acceptors (Lipinski definition) is 4. The normalized spacial score (nSPS) is 27.6. The Morgan fingerprint density at radius 2 is 1.70 bits per heavy atom. The number of Topliss-reactive ketones (excluding diaryl/α,β-unsaturated/α-hetero) is 1. The Labute approximate surface area is 160 Å². The molecule has 1 saturated heterocycles. The number of aliphatic hydroxyl groups is 1. The lowest BCUT2D eigenvalue weighted by Crippen LogP contribution is -2.34. The van der Waals surface area contributed by atoms with Gasteiger partial charge in [0.15, 0.2) is 5.78 Å². The van der Waals surface area contributed by atoms with Gasteiger partial charge in [-0.2, -0.15) is 0 Å². The maximum atomic E-state index is 12.5. The molecule has 2 fully saturated rings. The SMILES string of the molecule is Cc1ccccc1CC1(O)CC2CN(CC(=O)c3ccc(O)cc3)CC2C1. The van der Waals surface area contributed by atoms with E-state index in [0.717, 1.165) is 32.4 Å². The van der Waals surface area contributed by atoms with Gasteiger partial charge in [0, 0.05) is 25.1 Å². The largest absolute Gasteiger partial charge is 0.508 e. The number of carbonyl (C=O) groups excluding carboxylic acids is 1. The Hall–Kier alpha value is -2.17. The smallest absolute Gasteiger partial charge is 0.176 e. The third-order valence-electron chi connectivity index (χ3n) is 6.27. The Balaban J connectivity index is 1.34. The third kappa shape index (κ3) is 3.92. The molecule has 142 valence electrons. The lowest BCUT2D eigenvalue weighted by atomic mass is 9.89. The molecule has 2 N–H and O–H groups in total. The maximum absolute atomic E-state index is 12.5. The molecule has 2 aromatic rings. The fourth-order valence-electron chi connectivity index (χ4n) is 4.94. The van der Waals surface area contributed by atoms with E-state index in [2.05, 4.69) is 24.0 Å². The average molecular weight is 365 g/mol. The minimum atomic E-state index is -0.617. The summed E-state index contributed by atoms with van der Waals surface area (Å²) in [5.41, 5.74) is 2.50. The van der Waals surface area contributed by atoms with Gasteiger partial charge in [-0.3, -0.25) is 9.69 Å². The number of fused-ring (bicyclic) bond motifs is 1. The summed E-state index contributed by atoms with van der Waals surface area (Å²) < 4.78 is 0. The van der Waals surface area contributed by atoms with Crippen molar-refractivity contribution in [1.29, 1.82) is 0 Å². The zero-order chi connectivity index (χ0) is 19.0. The number of benzene rings is 2. The molecule has 1 aliphatic carbocycles. The zero-order valence-corrected chi connectivity index (χ0v) is 15.8. The molecule has 4 heteroatoms. The van der Waals surface area contributed by atoms with Gasteiger partial charge in [0.05, 0.1) is 12.1 Å². The molecule has 2 unspecified atom stereocenters. The summed E-state index contributed by atoms with van der Waals surface area (Å²) in [6.45, 7) is 4.27. The van der Waals surface area contributed by atoms with Gasteiger partial charge in [0.1, 0.15) is 5.75 Å². The van der Waals surface area contributed by atoms with Crippen LogP contribution in [0.15, 0.2) is 48.5 Å². The molecule has 0 spiro atoms. The highest BCUT2D eigenvalue weighted by Gasteiger charge is 2.48. The van der Waals surface area contributed by atoms with E-state index in [-0.39, 0.29) is 11.5 Å². The monoisotopic (exact) mass is 365 g/mol.